The summed E-state index contributed by atoms with van der Waals surface area (Å²) in [5, 5.41) is 12.0. The summed E-state index contributed by atoms with van der Waals surface area (Å²) < 4.78 is 26.8. The van der Waals surface area contributed by atoms with E-state index in [0.717, 1.165) is 5.69 Å². The Morgan fingerprint density at radius 3 is 2.52 bits per heavy atom. The highest BCUT2D eigenvalue weighted by Crippen LogP contribution is 2.23. The fraction of sp³-hybridized carbons (Fsp3) is 0.105. The largest absolute Gasteiger partial charge is 0.283 e. The molecule has 0 aliphatic rings. The van der Waals surface area contributed by atoms with E-state index in [1.807, 2.05) is 13.0 Å². The standard InChI is InChI=1S/C19H16N4O3S/c1-13-9-15(22-21-13)12-23-19(24)18-8-7-17(10-14(18)11-20-23)27(25,26)16-5-3-2-4-6-16/h2-11H,12H2,1H3,(H,21,22). The highest BCUT2D eigenvalue weighted by Gasteiger charge is 2.18. The average molecular weight is 380 g/mol. The van der Waals surface area contributed by atoms with Crippen molar-refractivity contribution >= 4 is 20.6 Å². The van der Waals surface area contributed by atoms with Crippen LogP contribution in [0.3, 0.4) is 0 Å². The van der Waals surface area contributed by atoms with E-state index in [4.69, 9.17) is 0 Å². The van der Waals surface area contributed by atoms with Crippen molar-refractivity contribution in [2.45, 2.75) is 23.3 Å². The lowest BCUT2D eigenvalue weighted by molar-refractivity contribution is 0.596. The number of fused-ring (bicyclic) bond motifs is 1. The van der Waals surface area contributed by atoms with Gasteiger partial charge < -0.3 is 0 Å². The SMILES string of the molecule is Cc1cc(Cn2ncc3cc(S(=O)(=O)c4ccccc4)ccc3c2=O)n[nH]1. The Morgan fingerprint density at radius 2 is 1.81 bits per heavy atom. The van der Waals surface area contributed by atoms with Crippen LogP contribution in [0.25, 0.3) is 10.8 Å². The maximum Gasteiger partial charge on any atom is 0.274 e. The number of aryl methyl sites for hydroxylation is 1. The molecule has 0 spiro atoms. The van der Waals surface area contributed by atoms with Gasteiger partial charge >= 0.3 is 0 Å². The van der Waals surface area contributed by atoms with E-state index < -0.39 is 9.84 Å². The minimum Gasteiger partial charge on any atom is -0.283 e. The van der Waals surface area contributed by atoms with Crippen molar-refractivity contribution in [1.82, 2.24) is 20.0 Å². The van der Waals surface area contributed by atoms with Crippen molar-refractivity contribution in [2.24, 2.45) is 0 Å². The third-order valence-corrected chi connectivity index (χ3v) is 6.03. The predicted molar refractivity (Wildman–Crippen MR) is 100 cm³/mol. The van der Waals surface area contributed by atoms with Gasteiger partial charge in [-0.3, -0.25) is 9.89 Å². The summed E-state index contributed by atoms with van der Waals surface area (Å²) in [6.07, 6.45) is 1.50. The maximum atomic E-state index is 12.8. The number of aromatic amines is 1. The van der Waals surface area contributed by atoms with Gasteiger partial charge in [-0.2, -0.15) is 10.2 Å². The summed E-state index contributed by atoms with van der Waals surface area (Å²) in [6, 6.07) is 14.5. The van der Waals surface area contributed by atoms with E-state index in [1.54, 1.807) is 30.3 Å². The Hall–Kier alpha value is -3.26. The van der Waals surface area contributed by atoms with E-state index >= 15 is 0 Å². The number of hydrogen-bond donors (Lipinski definition) is 1. The van der Waals surface area contributed by atoms with Crippen LogP contribution in [0.1, 0.15) is 11.4 Å². The molecule has 0 aliphatic carbocycles. The van der Waals surface area contributed by atoms with Gasteiger partial charge in [0.15, 0.2) is 0 Å². The summed E-state index contributed by atoms with van der Waals surface area (Å²) in [6.45, 7) is 2.12. The van der Waals surface area contributed by atoms with Gasteiger partial charge in [0.25, 0.3) is 5.56 Å². The Morgan fingerprint density at radius 1 is 1.04 bits per heavy atom. The molecule has 2 heterocycles. The molecule has 0 amide bonds. The molecule has 1 N–H and O–H groups in total. The van der Waals surface area contributed by atoms with Crippen molar-refractivity contribution in [1.29, 1.82) is 0 Å². The monoisotopic (exact) mass is 380 g/mol. The normalized spacial score (nSPS) is 11.7. The van der Waals surface area contributed by atoms with Crippen molar-refractivity contribution < 1.29 is 8.42 Å². The van der Waals surface area contributed by atoms with Crippen LogP contribution in [-0.4, -0.2) is 28.4 Å². The molecular formula is C19H16N4O3S. The highest BCUT2D eigenvalue weighted by atomic mass is 32.2. The van der Waals surface area contributed by atoms with Crippen LogP contribution >= 0.6 is 0 Å². The van der Waals surface area contributed by atoms with Crippen LogP contribution in [0.2, 0.25) is 0 Å². The van der Waals surface area contributed by atoms with Crippen LogP contribution < -0.4 is 5.56 Å². The fourth-order valence-electron chi connectivity index (χ4n) is 2.89. The van der Waals surface area contributed by atoms with Crippen LogP contribution in [-0.2, 0) is 16.4 Å². The molecular weight excluding hydrogens is 364 g/mol. The maximum absolute atomic E-state index is 12.8. The third-order valence-electron chi connectivity index (χ3n) is 4.26. The Balaban J connectivity index is 1.76. The number of rotatable bonds is 4. The minimum absolute atomic E-state index is 0.128. The Bertz CT molecular complexity index is 1290. The van der Waals surface area contributed by atoms with Gasteiger partial charge in [0.2, 0.25) is 9.84 Å². The Kier molecular flexibility index (Phi) is 4.12. The van der Waals surface area contributed by atoms with Gasteiger partial charge in [-0.25, -0.2) is 13.1 Å². The Labute approximate surface area is 155 Å². The number of nitrogens with one attached hydrogen (secondary N) is 1. The zero-order chi connectivity index (χ0) is 19.0. The molecule has 4 rings (SSSR count). The van der Waals surface area contributed by atoms with Crippen molar-refractivity contribution in [3.05, 3.63) is 82.5 Å². The second-order valence-electron chi connectivity index (χ2n) is 6.22. The number of sulfone groups is 1. The molecule has 136 valence electrons. The molecule has 0 fully saturated rings. The lowest BCUT2D eigenvalue weighted by atomic mass is 10.2. The van der Waals surface area contributed by atoms with E-state index in [-0.39, 0.29) is 21.9 Å². The van der Waals surface area contributed by atoms with Crippen molar-refractivity contribution in [2.75, 3.05) is 0 Å². The van der Waals surface area contributed by atoms with E-state index in [1.165, 1.54) is 29.1 Å². The topological polar surface area (TPSA) is 97.7 Å². The second-order valence-corrected chi connectivity index (χ2v) is 8.16. The first kappa shape index (κ1) is 17.2. The molecule has 0 saturated carbocycles. The average Bonchev–Trinajstić information content (AvgIpc) is 3.09. The van der Waals surface area contributed by atoms with E-state index in [0.29, 0.717) is 16.5 Å². The fourth-order valence-corrected chi connectivity index (χ4v) is 4.21. The van der Waals surface area contributed by atoms with Crippen LogP contribution in [0.5, 0.6) is 0 Å². The van der Waals surface area contributed by atoms with Gasteiger partial charge in [-0.15, -0.1) is 0 Å². The first-order valence-corrected chi connectivity index (χ1v) is 9.74. The molecule has 0 aliphatic heterocycles. The molecule has 0 atom stereocenters. The number of hydrogen-bond acceptors (Lipinski definition) is 5. The second kappa shape index (κ2) is 6.48. The summed E-state index contributed by atoms with van der Waals surface area (Å²) >= 11 is 0. The molecule has 0 saturated heterocycles. The quantitative estimate of drug-likeness (QED) is 0.586. The number of aromatic nitrogens is 4. The molecule has 27 heavy (non-hydrogen) atoms. The summed E-state index contributed by atoms with van der Waals surface area (Å²) in [7, 11) is -3.65. The van der Waals surface area contributed by atoms with E-state index in [9.17, 15) is 13.2 Å². The van der Waals surface area contributed by atoms with Gasteiger partial charge in [0, 0.05) is 11.1 Å². The lowest BCUT2D eigenvalue weighted by Gasteiger charge is -2.07. The lowest BCUT2D eigenvalue weighted by Crippen LogP contribution is -2.23. The van der Waals surface area contributed by atoms with Gasteiger partial charge in [0.1, 0.15) is 0 Å². The molecule has 0 bridgehead atoms. The molecule has 7 nitrogen and oxygen atoms in total. The number of benzene rings is 2. The first-order chi connectivity index (χ1) is 12.9. The zero-order valence-corrected chi connectivity index (χ0v) is 15.3. The molecule has 8 heteroatoms. The molecule has 4 aromatic rings. The molecule has 2 aromatic heterocycles. The summed E-state index contributed by atoms with van der Waals surface area (Å²) in [4.78, 5) is 13.0. The van der Waals surface area contributed by atoms with Crippen LogP contribution in [0.15, 0.2) is 75.4 Å². The summed E-state index contributed by atoms with van der Waals surface area (Å²) in [5.41, 5.74) is 1.30. The number of H-pyrrole nitrogens is 1. The van der Waals surface area contributed by atoms with Gasteiger partial charge in [-0.05, 0) is 43.3 Å². The van der Waals surface area contributed by atoms with Gasteiger partial charge in [-0.1, -0.05) is 18.2 Å². The molecule has 2 aromatic carbocycles. The number of nitrogens with zero attached hydrogens (tertiary/aromatic N) is 3. The van der Waals surface area contributed by atoms with Crippen molar-refractivity contribution in [3.63, 3.8) is 0 Å². The summed E-state index contributed by atoms with van der Waals surface area (Å²) in [5.74, 6) is 0. The highest BCUT2D eigenvalue weighted by molar-refractivity contribution is 7.91. The molecule has 0 radical (unpaired) electrons. The van der Waals surface area contributed by atoms with E-state index in [2.05, 4.69) is 15.3 Å². The minimum atomic E-state index is -3.65. The smallest absolute Gasteiger partial charge is 0.274 e. The third kappa shape index (κ3) is 3.15. The predicted octanol–water partition coefficient (Wildman–Crippen LogP) is 2.31. The molecule has 0 unspecified atom stereocenters. The zero-order valence-electron chi connectivity index (χ0n) is 14.5. The first-order valence-electron chi connectivity index (χ1n) is 8.26. The van der Waals surface area contributed by atoms with Crippen LogP contribution in [0, 0.1) is 6.92 Å². The van der Waals surface area contributed by atoms with Crippen LogP contribution in [0.4, 0.5) is 0 Å². The van der Waals surface area contributed by atoms with Gasteiger partial charge in [0.05, 0.1) is 33.6 Å². The van der Waals surface area contributed by atoms with Crippen molar-refractivity contribution in [3.8, 4) is 0 Å².